The van der Waals surface area contributed by atoms with Gasteiger partial charge in [-0.1, -0.05) is 19.3 Å². The number of halogens is 1. The first-order chi connectivity index (χ1) is 10.9. The number of esters is 1. The van der Waals surface area contributed by atoms with Gasteiger partial charge >= 0.3 is 5.97 Å². The van der Waals surface area contributed by atoms with E-state index in [4.69, 9.17) is 4.74 Å². The Balaban J connectivity index is 0.00000288. The molecule has 1 saturated carbocycles. The summed E-state index contributed by atoms with van der Waals surface area (Å²) in [7, 11) is 0. The van der Waals surface area contributed by atoms with E-state index in [9.17, 15) is 14.9 Å². The van der Waals surface area contributed by atoms with E-state index in [0.29, 0.717) is 18.2 Å². The number of non-ortho nitro benzene ring substituents is 1. The number of carbonyl (C=O) groups excluding carboxylic acids is 1. The van der Waals surface area contributed by atoms with Crippen LogP contribution in [0.1, 0.15) is 56.3 Å². The summed E-state index contributed by atoms with van der Waals surface area (Å²) < 4.78 is 5.54. The highest BCUT2D eigenvalue weighted by Crippen LogP contribution is 2.20. The Kier molecular flexibility index (Phi) is 7.63. The molecule has 1 aromatic rings. The van der Waals surface area contributed by atoms with Gasteiger partial charge in [0, 0.05) is 24.7 Å². The molecule has 7 heteroatoms. The Hall–Kier alpha value is -1.66. The van der Waals surface area contributed by atoms with Crippen LogP contribution in [0.2, 0.25) is 0 Å². The largest absolute Gasteiger partial charge is 0.455 e. The summed E-state index contributed by atoms with van der Waals surface area (Å²) >= 11 is 0. The van der Waals surface area contributed by atoms with Crippen LogP contribution in [-0.2, 0) is 4.74 Å². The first-order valence-electron chi connectivity index (χ1n) is 8.08. The molecule has 0 unspecified atom stereocenters. The van der Waals surface area contributed by atoms with Crippen LogP contribution in [0.15, 0.2) is 24.3 Å². The van der Waals surface area contributed by atoms with E-state index in [-0.39, 0.29) is 18.1 Å². The van der Waals surface area contributed by atoms with Crippen molar-refractivity contribution in [3.8, 4) is 0 Å². The molecule has 1 N–H and O–H groups in total. The number of hydrogen-bond acceptors (Lipinski definition) is 5. The van der Waals surface area contributed by atoms with Gasteiger partial charge in [0.2, 0.25) is 0 Å². The third-order valence-electron chi connectivity index (χ3n) is 4.10. The fraction of sp³-hybridized carbons (Fsp3) is 0.588. The Morgan fingerprint density at radius 2 is 1.83 bits per heavy atom. The van der Waals surface area contributed by atoms with E-state index in [1.807, 2.05) is 13.8 Å². The zero-order chi connectivity index (χ0) is 16.9. The van der Waals surface area contributed by atoms with E-state index >= 15 is 0 Å². The summed E-state index contributed by atoms with van der Waals surface area (Å²) in [6, 6.07) is 5.96. The van der Waals surface area contributed by atoms with Gasteiger partial charge in [-0.05, 0) is 38.8 Å². The topological polar surface area (TPSA) is 81.5 Å². The maximum Gasteiger partial charge on any atom is 0.338 e. The molecule has 1 aliphatic carbocycles. The first-order valence-corrected chi connectivity index (χ1v) is 8.08. The van der Waals surface area contributed by atoms with Crippen molar-refractivity contribution in [1.29, 1.82) is 0 Å². The molecule has 0 heterocycles. The summed E-state index contributed by atoms with van der Waals surface area (Å²) in [5.74, 6) is -0.463. The van der Waals surface area contributed by atoms with E-state index in [1.165, 1.54) is 56.4 Å². The zero-order valence-corrected chi connectivity index (χ0v) is 14.9. The minimum absolute atomic E-state index is 0. The minimum Gasteiger partial charge on any atom is -0.455 e. The molecule has 0 bridgehead atoms. The van der Waals surface area contributed by atoms with Gasteiger partial charge in [-0.3, -0.25) is 10.1 Å². The summed E-state index contributed by atoms with van der Waals surface area (Å²) in [6.45, 7) is 4.33. The smallest absolute Gasteiger partial charge is 0.338 e. The Morgan fingerprint density at radius 3 is 2.38 bits per heavy atom. The lowest BCUT2D eigenvalue weighted by atomic mass is 9.95. The molecule has 0 aliphatic heterocycles. The number of nitro groups is 1. The second-order valence-electron chi connectivity index (χ2n) is 6.67. The molecular formula is C17H25ClN2O4. The lowest BCUT2D eigenvalue weighted by Crippen LogP contribution is -2.44. The average Bonchev–Trinajstić information content (AvgIpc) is 2.54. The molecule has 0 saturated heterocycles. The number of rotatable bonds is 6. The molecule has 24 heavy (non-hydrogen) atoms. The van der Waals surface area contributed by atoms with E-state index in [1.54, 1.807) is 0 Å². The van der Waals surface area contributed by atoms with Crippen molar-refractivity contribution in [2.45, 2.75) is 57.6 Å². The van der Waals surface area contributed by atoms with Crippen LogP contribution in [0.3, 0.4) is 0 Å². The third-order valence-corrected chi connectivity index (χ3v) is 4.10. The monoisotopic (exact) mass is 356 g/mol. The second-order valence-corrected chi connectivity index (χ2v) is 6.67. The predicted molar refractivity (Wildman–Crippen MR) is 94.7 cm³/mol. The van der Waals surface area contributed by atoms with Crippen LogP contribution in [0, 0.1) is 10.1 Å². The Morgan fingerprint density at radius 1 is 1.25 bits per heavy atom. The van der Waals surface area contributed by atoms with Gasteiger partial charge in [0.1, 0.15) is 5.60 Å². The molecule has 0 amide bonds. The summed E-state index contributed by atoms with van der Waals surface area (Å²) in [5.41, 5.74) is -0.350. The van der Waals surface area contributed by atoms with Crippen molar-refractivity contribution in [3.05, 3.63) is 39.9 Å². The molecule has 134 valence electrons. The van der Waals surface area contributed by atoms with Crippen LogP contribution >= 0.6 is 12.4 Å². The molecule has 6 nitrogen and oxygen atoms in total. The van der Waals surface area contributed by atoms with Crippen molar-refractivity contribution in [2.24, 2.45) is 0 Å². The van der Waals surface area contributed by atoms with Crippen molar-refractivity contribution >= 4 is 24.1 Å². The third kappa shape index (κ3) is 6.09. The molecule has 0 spiro atoms. The number of nitrogens with one attached hydrogen (secondary N) is 1. The molecule has 0 radical (unpaired) electrons. The highest BCUT2D eigenvalue weighted by Gasteiger charge is 2.25. The Bertz CT molecular complexity index is 554. The zero-order valence-electron chi connectivity index (χ0n) is 14.1. The van der Waals surface area contributed by atoms with Gasteiger partial charge < -0.3 is 10.1 Å². The van der Waals surface area contributed by atoms with E-state index < -0.39 is 16.5 Å². The van der Waals surface area contributed by atoms with Gasteiger partial charge in [-0.15, -0.1) is 12.4 Å². The SMILES string of the molecule is CC(C)(CNC1CCCCC1)OC(=O)c1ccc([N+](=O)[O-])cc1.Cl. The standard InChI is InChI=1S/C17H24N2O4.ClH/c1-17(2,12-18-14-6-4-3-5-7-14)23-16(20)13-8-10-15(11-9-13)19(21)22;/h8-11,14,18H,3-7,12H2,1-2H3;1H. The van der Waals surface area contributed by atoms with Gasteiger partial charge in [-0.2, -0.15) is 0 Å². The quantitative estimate of drug-likeness (QED) is 0.475. The minimum atomic E-state index is -0.629. The molecule has 0 atom stereocenters. The summed E-state index contributed by atoms with van der Waals surface area (Å²) in [5, 5.41) is 14.1. The van der Waals surface area contributed by atoms with Crippen LogP contribution in [0.5, 0.6) is 0 Å². The van der Waals surface area contributed by atoms with Gasteiger partial charge in [0.25, 0.3) is 5.69 Å². The first kappa shape index (κ1) is 20.4. The maximum atomic E-state index is 12.2. The molecule has 1 aliphatic rings. The fourth-order valence-corrected chi connectivity index (χ4v) is 2.76. The fourth-order valence-electron chi connectivity index (χ4n) is 2.76. The van der Waals surface area contributed by atoms with Gasteiger partial charge in [0.15, 0.2) is 0 Å². The van der Waals surface area contributed by atoms with Crippen LogP contribution < -0.4 is 5.32 Å². The molecular weight excluding hydrogens is 332 g/mol. The van der Waals surface area contributed by atoms with E-state index in [2.05, 4.69) is 5.32 Å². The maximum absolute atomic E-state index is 12.2. The summed E-state index contributed by atoms with van der Waals surface area (Å²) in [6.07, 6.45) is 6.15. The number of hydrogen-bond donors (Lipinski definition) is 1. The highest BCUT2D eigenvalue weighted by atomic mass is 35.5. The normalized spacial score (nSPS) is 15.4. The van der Waals surface area contributed by atoms with Gasteiger partial charge in [-0.25, -0.2) is 4.79 Å². The molecule has 1 aromatic carbocycles. The van der Waals surface area contributed by atoms with E-state index in [0.717, 1.165) is 0 Å². The van der Waals surface area contributed by atoms with Crippen LogP contribution in [-0.4, -0.2) is 29.1 Å². The molecule has 1 fully saturated rings. The average molecular weight is 357 g/mol. The van der Waals surface area contributed by atoms with Gasteiger partial charge in [0.05, 0.1) is 10.5 Å². The second kappa shape index (κ2) is 8.99. The lowest BCUT2D eigenvalue weighted by Gasteiger charge is -2.30. The Labute approximate surface area is 148 Å². The number of ether oxygens (including phenoxy) is 1. The molecule has 0 aromatic heterocycles. The number of benzene rings is 1. The van der Waals surface area contributed by atoms with Crippen LogP contribution in [0.25, 0.3) is 0 Å². The van der Waals surface area contributed by atoms with Crippen molar-refractivity contribution in [1.82, 2.24) is 5.32 Å². The lowest BCUT2D eigenvalue weighted by molar-refractivity contribution is -0.384. The highest BCUT2D eigenvalue weighted by molar-refractivity contribution is 5.89. The number of nitrogens with zero attached hydrogens (tertiary/aromatic N) is 1. The van der Waals surface area contributed by atoms with Crippen LogP contribution in [0.4, 0.5) is 5.69 Å². The molecule has 2 rings (SSSR count). The van der Waals surface area contributed by atoms with Crippen molar-refractivity contribution in [3.63, 3.8) is 0 Å². The summed E-state index contributed by atoms with van der Waals surface area (Å²) in [4.78, 5) is 22.3. The number of nitro benzene ring substituents is 1. The number of carbonyl (C=O) groups is 1. The predicted octanol–water partition coefficient (Wildman–Crippen LogP) is 3.87. The van der Waals surface area contributed by atoms with Crippen molar-refractivity contribution < 1.29 is 14.5 Å². The van der Waals surface area contributed by atoms with Crippen molar-refractivity contribution in [2.75, 3.05) is 6.54 Å².